The van der Waals surface area contributed by atoms with Gasteiger partial charge in [0.25, 0.3) is 0 Å². The summed E-state index contributed by atoms with van der Waals surface area (Å²) in [6.45, 7) is 1.83. The minimum absolute atomic E-state index is 0.0675. The second kappa shape index (κ2) is 12.0. The molecule has 0 radical (unpaired) electrons. The van der Waals surface area contributed by atoms with E-state index in [1.807, 2.05) is 0 Å². The number of aliphatic hydroxyl groups excluding tert-OH is 1. The first kappa shape index (κ1) is 29.5. The first-order valence-corrected chi connectivity index (χ1v) is 14.7. The van der Waals surface area contributed by atoms with Gasteiger partial charge in [-0.3, -0.25) is 0 Å². The van der Waals surface area contributed by atoms with Crippen molar-refractivity contribution in [3.05, 3.63) is 64.7 Å². The molecule has 0 atom stereocenters. The molecule has 214 valence electrons. The van der Waals surface area contributed by atoms with Crippen LogP contribution >= 0.6 is 0 Å². The molecule has 0 aromatic heterocycles. The Hall–Kier alpha value is -2.47. The molecule has 11 heteroatoms. The largest absolute Gasteiger partial charge is 0.416 e. The van der Waals surface area contributed by atoms with Crippen LogP contribution < -0.4 is 5.73 Å². The van der Waals surface area contributed by atoms with E-state index in [-0.39, 0.29) is 37.1 Å². The predicted molar refractivity (Wildman–Crippen MR) is 143 cm³/mol. The molecule has 7 nitrogen and oxygen atoms in total. The Morgan fingerprint density at radius 2 is 1.74 bits per heavy atom. The maximum absolute atomic E-state index is 13.8. The number of nitrogens with zero attached hydrogens (tertiary/aromatic N) is 2. The second-order valence-electron chi connectivity index (χ2n) is 10.7. The fraction of sp³-hybridized carbons (Fsp3) is 0.536. The number of aliphatic hydroxyl groups is 1. The van der Waals surface area contributed by atoms with Gasteiger partial charge in [-0.1, -0.05) is 48.7 Å². The van der Waals surface area contributed by atoms with Crippen LogP contribution in [0.1, 0.15) is 80.0 Å². The molecule has 2 fully saturated rings. The van der Waals surface area contributed by atoms with Gasteiger partial charge in [-0.15, -0.1) is 0 Å². The zero-order valence-corrected chi connectivity index (χ0v) is 22.9. The number of piperidine rings is 1. The quantitative estimate of drug-likeness (QED) is 0.338. The highest BCUT2D eigenvalue weighted by molar-refractivity contribution is 7.89. The lowest BCUT2D eigenvalue weighted by molar-refractivity contribution is -0.138. The Balaban J connectivity index is 1.40. The van der Waals surface area contributed by atoms with Crippen molar-refractivity contribution >= 4 is 15.7 Å². The van der Waals surface area contributed by atoms with Crippen molar-refractivity contribution in [2.24, 2.45) is 10.9 Å². The maximum atomic E-state index is 13.8. The summed E-state index contributed by atoms with van der Waals surface area (Å²) >= 11 is 0. The van der Waals surface area contributed by atoms with Crippen molar-refractivity contribution in [1.82, 2.24) is 4.31 Å². The fourth-order valence-corrected chi connectivity index (χ4v) is 6.75. The van der Waals surface area contributed by atoms with Gasteiger partial charge in [-0.2, -0.15) is 17.5 Å². The van der Waals surface area contributed by atoms with Gasteiger partial charge in [0.1, 0.15) is 6.61 Å². The van der Waals surface area contributed by atoms with Gasteiger partial charge in [0.15, 0.2) is 0 Å². The van der Waals surface area contributed by atoms with E-state index in [0.717, 1.165) is 38.2 Å². The van der Waals surface area contributed by atoms with Crippen molar-refractivity contribution in [2.45, 2.75) is 81.0 Å². The van der Waals surface area contributed by atoms with Gasteiger partial charge in [0.05, 0.1) is 22.8 Å². The molecule has 1 saturated heterocycles. The molecule has 1 aliphatic carbocycles. The number of oxime groups is 1. The molecular formula is C28H36F3N3O4S. The molecule has 2 aliphatic rings. The molecule has 0 amide bonds. The summed E-state index contributed by atoms with van der Waals surface area (Å²) in [5, 5.41) is 13.4. The minimum atomic E-state index is -4.44. The highest BCUT2D eigenvalue weighted by Crippen LogP contribution is 2.41. The maximum Gasteiger partial charge on any atom is 0.416 e. The summed E-state index contributed by atoms with van der Waals surface area (Å²) in [6, 6.07) is 10.6. The Labute approximate surface area is 227 Å². The smallest absolute Gasteiger partial charge is 0.394 e. The lowest BCUT2D eigenvalue weighted by Gasteiger charge is -2.37. The van der Waals surface area contributed by atoms with Gasteiger partial charge >= 0.3 is 6.18 Å². The van der Waals surface area contributed by atoms with Gasteiger partial charge < -0.3 is 15.7 Å². The van der Waals surface area contributed by atoms with E-state index in [0.29, 0.717) is 35.2 Å². The van der Waals surface area contributed by atoms with Crippen molar-refractivity contribution in [3.8, 4) is 0 Å². The Morgan fingerprint density at radius 1 is 1.10 bits per heavy atom. The molecule has 1 saturated carbocycles. The number of hydrogen-bond donors (Lipinski definition) is 2. The topological polar surface area (TPSA) is 105 Å². The van der Waals surface area contributed by atoms with Crippen LogP contribution in [0.25, 0.3) is 0 Å². The Morgan fingerprint density at radius 3 is 2.33 bits per heavy atom. The molecule has 2 aromatic rings. The molecule has 1 heterocycles. The third-order valence-corrected chi connectivity index (χ3v) is 9.76. The van der Waals surface area contributed by atoms with Crippen molar-refractivity contribution in [2.75, 3.05) is 19.7 Å². The van der Waals surface area contributed by atoms with E-state index in [4.69, 9.17) is 10.6 Å². The van der Waals surface area contributed by atoms with Gasteiger partial charge in [-0.05, 0) is 73.4 Å². The molecule has 2 aromatic carbocycles. The van der Waals surface area contributed by atoms with E-state index in [2.05, 4.69) is 5.16 Å². The van der Waals surface area contributed by atoms with Crippen molar-refractivity contribution in [3.63, 3.8) is 0 Å². The Kier molecular flexibility index (Phi) is 9.05. The third-order valence-electron chi connectivity index (χ3n) is 7.84. The van der Waals surface area contributed by atoms with Gasteiger partial charge in [-0.25, -0.2) is 8.42 Å². The van der Waals surface area contributed by atoms with Crippen LogP contribution in [0.15, 0.2) is 52.5 Å². The summed E-state index contributed by atoms with van der Waals surface area (Å²) in [5.74, 6) is -0.0675. The van der Waals surface area contributed by atoms with Crippen LogP contribution in [0.3, 0.4) is 0 Å². The SMILES string of the molecule is C/C(=N\OCc1ccc(C2CCCCC2)c(C(F)(F)F)c1)c1ccc(S(=O)(=O)N2CCC(N)(CO)CC2)cc1. The van der Waals surface area contributed by atoms with Crippen molar-refractivity contribution in [1.29, 1.82) is 0 Å². The van der Waals surface area contributed by atoms with E-state index in [1.165, 1.54) is 16.4 Å². The van der Waals surface area contributed by atoms with Gasteiger partial charge in [0, 0.05) is 18.6 Å². The summed E-state index contributed by atoms with van der Waals surface area (Å²) in [6.07, 6.45) is 0.827. The first-order valence-electron chi connectivity index (χ1n) is 13.3. The van der Waals surface area contributed by atoms with Crippen LogP contribution in [-0.2, 0) is 27.6 Å². The van der Waals surface area contributed by atoms with Crippen LogP contribution in [-0.4, -0.2) is 48.8 Å². The summed E-state index contributed by atoms with van der Waals surface area (Å²) < 4.78 is 68.8. The third kappa shape index (κ3) is 7.00. The zero-order valence-electron chi connectivity index (χ0n) is 22.1. The first-order chi connectivity index (χ1) is 18.4. The molecule has 39 heavy (non-hydrogen) atoms. The zero-order chi connectivity index (χ0) is 28.3. The number of hydrogen-bond acceptors (Lipinski definition) is 6. The van der Waals surface area contributed by atoms with E-state index < -0.39 is 27.3 Å². The highest BCUT2D eigenvalue weighted by atomic mass is 32.2. The van der Waals surface area contributed by atoms with Crippen LogP contribution in [0.2, 0.25) is 0 Å². The normalized spacial score (nSPS) is 19.7. The van der Waals surface area contributed by atoms with Crippen molar-refractivity contribution < 1.29 is 31.5 Å². The molecule has 3 N–H and O–H groups in total. The summed E-state index contributed by atoms with van der Waals surface area (Å²) in [5.41, 5.74) is 6.52. The van der Waals surface area contributed by atoms with Crippen LogP contribution in [0.4, 0.5) is 13.2 Å². The van der Waals surface area contributed by atoms with Crippen LogP contribution in [0, 0.1) is 0 Å². The average Bonchev–Trinajstić information content (AvgIpc) is 2.93. The summed E-state index contributed by atoms with van der Waals surface area (Å²) in [7, 11) is -3.71. The summed E-state index contributed by atoms with van der Waals surface area (Å²) in [4.78, 5) is 5.50. The minimum Gasteiger partial charge on any atom is -0.394 e. The molecule has 0 spiro atoms. The highest BCUT2D eigenvalue weighted by Gasteiger charge is 2.36. The fourth-order valence-electron chi connectivity index (χ4n) is 5.31. The molecule has 1 aliphatic heterocycles. The monoisotopic (exact) mass is 567 g/mol. The molecule has 4 rings (SSSR count). The number of rotatable bonds is 8. The second-order valence-corrected chi connectivity index (χ2v) is 12.6. The van der Waals surface area contributed by atoms with E-state index in [1.54, 1.807) is 31.2 Å². The molecular weight excluding hydrogens is 531 g/mol. The number of alkyl halides is 3. The number of sulfonamides is 1. The van der Waals surface area contributed by atoms with E-state index >= 15 is 0 Å². The van der Waals surface area contributed by atoms with Crippen LogP contribution in [0.5, 0.6) is 0 Å². The predicted octanol–water partition coefficient (Wildman–Crippen LogP) is 5.17. The number of halogens is 3. The lowest BCUT2D eigenvalue weighted by atomic mass is 9.81. The van der Waals surface area contributed by atoms with Gasteiger partial charge in [0.2, 0.25) is 10.0 Å². The lowest BCUT2D eigenvalue weighted by Crippen LogP contribution is -2.53. The molecule has 0 bridgehead atoms. The number of benzene rings is 2. The Bertz CT molecular complexity index is 1270. The van der Waals surface area contributed by atoms with E-state index in [9.17, 15) is 26.7 Å². The number of nitrogens with two attached hydrogens (primary N) is 1. The average molecular weight is 568 g/mol. The standard InChI is InChI=1S/C28H36F3N3O4S/c1-20(22-8-10-24(11-9-22)39(36,37)34-15-13-27(32,19-35)14-16-34)33-38-18-21-7-12-25(23-5-3-2-4-6-23)26(17-21)28(29,30)31/h7-12,17,23,35H,2-6,13-16,18-19,32H2,1H3/b33-20+. The molecule has 0 unspecified atom stereocenters.